The zero-order valence-electron chi connectivity index (χ0n) is 25.3. The number of guanidine groups is 1. The number of nitrogens with zero attached hydrogens (tertiary/aromatic N) is 3. The van der Waals surface area contributed by atoms with E-state index >= 15 is 0 Å². The van der Waals surface area contributed by atoms with Gasteiger partial charge in [0.25, 0.3) is 0 Å². The molecule has 2 aromatic carbocycles. The average Bonchev–Trinajstić information content (AvgIpc) is 3.44. The second-order valence-electron chi connectivity index (χ2n) is 11.1. The molecule has 0 aliphatic rings. The van der Waals surface area contributed by atoms with Gasteiger partial charge >= 0.3 is 0 Å². The first-order valence-corrected chi connectivity index (χ1v) is 14.9. The lowest BCUT2D eigenvalue weighted by molar-refractivity contribution is -0.130. The molecule has 0 fully saturated rings. The molecule has 0 unspecified atom stereocenters. The van der Waals surface area contributed by atoms with E-state index in [9.17, 15) is 9.59 Å². The third-order valence-corrected chi connectivity index (χ3v) is 7.54. The van der Waals surface area contributed by atoms with Gasteiger partial charge in [-0.1, -0.05) is 53.7 Å². The van der Waals surface area contributed by atoms with Crippen molar-refractivity contribution in [1.29, 1.82) is 0 Å². The van der Waals surface area contributed by atoms with Crippen molar-refractivity contribution in [3.8, 4) is 0 Å². The molecule has 0 bridgehead atoms. The summed E-state index contributed by atoms with van der Waals surface area (Å²) in [5.74, 6) is -0.208. The van der Waals surface area contributed by atoms with Crippen molar-refractivity contribution >= 4 is 17.6 Å². The molecule has 1 amide bonds. The SMILES string of the molecule is Cc1cccc(C)c1C[C@H](CC(=O)[C@H](N)CCCN=C(N)N)C(=O)N[C@@H](CCCCN)c1nc(Cc2ccccc2)no1. The Morgan fingerprint density at radius 1 is 0.977 bits per heavy atom. The molecule has 0 saturated heterocycles. The van der Waals surface area contributed by atoms with Gasteiger partial charge in [0.05, 0.1) is 6.04 Å². The maximum absolute atomic E-state index is 13.9. The van der Waals surface area contributed by atoms with Gasteiger partial charge in [0, 0.05) is 25.3 Å². The van der Waals surface area contributed by atoms with E-state index in [1.807, 2.05) is 62.4 Å². The van der Waals surface area contributed by atoms with Crippen molar-refractivity contribution in [2.24, 2.45) is 33.8 Å². The summed E-state index contributed by atoms with van der Waals surface area (Å²) < 4.78 is 5.64. The molecular weight excluding hydrogens is 544 g/mol. The molecule has 0 saturated carbocycles. The minimum atomic E-state index is -0.723. The Morgan fingerprint density at radius 2 is 1.70 bits per heavy atom. The number of hydrogen-bond acceptors (Lipinski definition) is 8. The summed E-state index contributed by atoms with van der Waals surface area (Å²) in [5.41, 5.74) is 27.0. The molecule has 232 valence electrons. The number of ketones is 1. The maximum Gasteiger partial charge on any atom is 0.249 e. The number of unbranched alkanes of at least 4 members (excludes halogenated alkanes) is 1. The van der Waals surface area contributed by atoms with E-state index in [0.717, 1.165) is 35.1 Å². The molecule has 43 heavy (non-hydrogen) atoms. The molecule has 11 nitrogen and oxygen atoms in total. The number of benzene rings is 2. The van der Waals surface area contributed by atoms with Crippen molar-refractivity contribution in [2.45, 2.75) is 77.3 Å². The molecule has 3 rings (SSSR count). The predicted molar refractivity (Wildman–Crippen MR) is 168 cm³/mol. The number of hydrogen-bond donors (Lipinski definition) is 5. The van der Waals surface area contributed by atoms with Crippen molar-refractivity contribution in [1.82, 2.24) is 15.5 Å². The van der Waals surface area contributed by atoms with Gasteiger partial charge in [-0.25, -0.2) is 0 Å². The van der Waals surface area contributed by atoms with Gasteiger partial charge in [0.15, 0.2) is 11.8 Å². The summed E-state index contributed by atoms with van der Waals surface area (Å²) in [6, 6.07) is 14.6. The summed E-state index contributed by atoms with van der Waals surface area (Å²) in [6.45, 7) is 4.94. The van der Waals surface area contributed by atoms with Crippen LogP contribution < -0.4 is 28.3 Å². The lowest BCUT2D eigenvalue weighted by Crippen LogP contribution is -2.39. The van der Waals surface area contributed by atoms with Crippen LogP contribution in [0, 0.1) is 19.8 Å². The van der Waals surface area contributed by atoms with Crippen LogP contribution in [-0.2, 0) is 22.4 Å². The molecule has 3 atom stereocenters. The summed E-state index contributed by atoms with van der Waals surface area (Å²) in [4.78, 5) is 35.7. The molecule has 0 aliphatic carbocycles. The number of nitrogens with two attached hydrogens (primary N) is 4. The Kier molecular flexibility index (Phi) is 13.3. The zero-order valence-corrected chi connectivity index (χ0v) is 25.3. The van der Waals surface area contributed by atoms with Crippen LogP contribution in [0.15, 0.2) is 58.0 Å². The highest BCUT2D eigenvalue weighted by molar-refractivity contribution is 5.90. The number of aryl methyl sites for hydroxylation is 2. The van der Waals surface area contributed by atoms with Gasteiger partial charge in [-0.2, -0.15) is 4.98 Å². The predicted octanol–water partition coefficient (Wildman–Crippen LogP) is 2.76. The molecule has 11 heteroatoms. The van der Waals surface area contributed by atoms with Crippen LogP contribution in [0.3, 0.4) is 0 Å². The number of aliphatic imine (C=N–C) groups is 1. The smallest absolute Gasteiger partial charge is 0.249 e. The zero-order chi connectivity index (χ0) is 31.2. The maximum atomic E-state index is 13.9. The van der Waals surface area contributed by atoms with Gasteiger partial charge < -0.3 is 32.8 Å². The van der Waals surface area contributed by atoms with E-state index < -0.39 is 18.0 Å². The number of Topliss-reactive ketones (excluding diaryl/α,β-unsaturated/α-hetero) is 1. The first-order valence-electron chi connectivity index (χ1n) is 14.9. The monoisotopic (exact) mass is 590 g/mol. The van der Waals surface area contributed by atoms with Crippen LogP contribution in [-0.4, -0.2) is 46.9 Å². The van der Waals surface area contributed by atoms with Gasteiger partial charge in [-0.05, 0) is 81.2 Å². The third-order valence-electron chi connectivity index (χ3n) is 7.54. The van der Waals surface area contributed by atoms with E-state index in [1.165, 1.54) is 0 Å². The van der Waals surface area contributed by atoms with E-state index in [-0.39, 0.29) is 24.1 Å². The Labute approximate surface area is 253 Å². The number of rotatable bonds is 18. The van der Waals surface area contributed by atoms with E-state index in [4.69, 9.17) is 27.5 Å². The van der Waals surface area contributed by atoms with Gasteiger partial charge in [-0.3, -0.25) is 14.6 Å². The number of nitrogens with one attached hydrogen (secondary N) is 1. The largest absolute Gasteiger partial charge is 0.370 e. The third kappa shape index (κ3) is 10.9. The lowest BCUT2D eigenvalue weighted by Gasteiger charge is -2.23. The fraction of sp³-hybridized carbons (Fsp3) is 0.469. The Balaban J connectivity index is 1.79. The molecule has 1 aromatic heterocycles. The van der Waals surface area contributed by atoms with E-state index in [0.29, 0.717) is 56.9 Å². The highest BCUT2D eigenvalue weighted by Crippen LogP contribution is 2.24. The first-order chi connectivity index (χ1) is 20.7. The first kappa shape index (κ1) is 33.4. The number of carbonyl (C=O) groups is 2. The number of amides is 1. The van der Waals surface area contributed by atoms with Crippen LogP contribution in [0.2, 0.25) is 0 Å². The van der Waals surface area contributed by atoms with Crippen LogP contribution in [0.25, 0.3) is 0 Å². The fourth-order valence-electron chi connectivity index (χ4n) is 5.05. The van der Waals surface area contributed by atoms with Gasteiger partial charge in [0.1, 0.15) is 11.8 Å². The van der Waals surface area contributed by atoms with Crippen molar-refractivity contribution < 1.29 is 14.1 Å². The highest BCUT2D eigenvalue weighted by Gasteiger charge is 2.29. The summed E-state index contributed by atoms with van der Waals surface area (Å²) in [5, 5.41) is 7.29. The minimum Gasteiger partial charge on any atom is -0.370 e. The second-order valence-corrected chi connectivity index (χ2v) is 11.1. The van der Waals surface area contributed by atoms with Crippen LogP contribution in [0.5, 0.6) is 0 Å². The summed E-state index contributed by atoms with van der Waals surface area (Å²) in [7, 11) is 0. The standard InChI is InChI=1S/C32H46N8O3/c1-21-10-8-11-22(2)25(21)19-24(20-28(41)26(34)14-9-17-37-32(35)36)30(42)38-27(15-6-7-16-33)31-39-29(40-43-31)18-23-12-4-3-5-13-23/h3-5,8,10-13,24,26-27H,6-7,9,14-20,33-34H2,1-2H3,(H,38,42)(H4,35,36,37)/t24-,26-,27+/m1/s1. The van der Waals surface area contributed by atoms with Crippen LogP contribution >= 0.6 is 0 Å². The quantitative estimate of drug-likeness (QED) is 0.0838. The van der Waals surface area contributed by atoms with Crippen LogP contribution in [0.4, 0.5) is 0 Å². The molecular formula is C32H46N8O3. The van der Waals surface area contributed by atoms with Crippen molar-refractivity contribution in [3.05, 3.63) is 82.5 Å². The topological polar surface area (TPSA) is 202 Å². The minimum absolute atomic E-state index is 0.000293. The Bertz CT molecular complexity index is 1320. The molecule has 3 aromatic rings. The van der Waals surface area contributed by atoms with Crippen LogP contribution in [0.1, 0.15) is 78.5 Å². The molecule has 0 radical (unpaired) electrons. The molecule has 1 heterocycles. The van der Waals surface area contributed by atoms with Crippen molar-refractivity contribution in [2.75, 3.05) is 13.1 Å². The lowest BCUT2D eigenvalue weighted by atomic mass is 9.87. The normalized spacial score (nSPS) is 13.2. The molecule has 0 aliphatic heterocycles. The Morgan fingerprint density at radius 3 is 2.37 bits per heavy atom. The fourth-order valence-corrected chi connectivity index (χ4v) is 5.05. The van der Waals surface area contributed by atoms with Gasteiger partial charge in [0.2, 0.25) is 11.8 Å². The number of carbonyl (C=O) groups excluding carboxylic acids is 2. The van der Waals surface area contributed by atoms with Crippen molar-refractivity contribution in [3.63, 3.8) is 0 Å². The molecule has 0 spiro atoms. The number of aromatic nitrogens is 2. The summed E-state index contributed by atoms with van der Waals surface area (Å²) >= 11 is 0. The average molecular weight is 591 g/mol. The van der Waals surface area contributed by atoms with E-state index in [2.05, 4.69) is 20.4 Å². The highest BCUT2D eigenvalue weighted by atomic mass is 16.5. The Hall–Kier alpha value is -4.09. The second kappa shape index (κ2) is 17.1. The summed E-state index contributed by atoms with van der Waals surface area (Å²) in [6.07, 6.45) is 4.01. The molecule has 9 N–H and O–H groups in total. The van der Waals surface area contributed by atoms with E-state index in [1.54, 1.807) is 0 Å². The van der Waals surface area contributed by atoms with Gasteiger partial charge in [-0.15, -0.1) is 0 Å².